The molecule has 1 aromatic carbocycles. The summed E-state index contributed by atoms with van der Waals surface area (Å²) in [5.74, 6) is -2.96. The molecule has 1 aromatic rings. The number of methoxy groups -OCH3 is 1. The summed E-state index contributed by atoms with van der Waals surface area (Å²) in [4.78, 5) is 23.2. The zero-order valence-electron chi connectivity index (χ0n) is 11.4. The zero-order chi connectivity index (χ0) is 15.1. The standard InChI is InChI=1S/C14H16FNO4/c1-14(2)10(11(14)13(18)19)12(17)16-8-5-4-7(15)6-9(8)20-3/h4-6,10-11H,1-3H3,(H,16,17)(H,18,19)/t10-,11+/m1/s1. The van der Waals surface area contributed by atoms with E-state index in [9.17, 15) is 14.0 Å². The van der Waals surface area contributed by atoms with Gasteiger partial charge in [0.2, 0.25) is 5.91 Å². The van der Waals surface area contributed by atoms with E-state index in [-0.39, 0.29) is 5.75 Å². The van der Waals surface area contributed by atoms with Crippen LogP contribution in [-0.4, -0.2) is 24.1 Å². The monoisotopic (exact) mass is 281 g/mol. The molecule has 2 rings (SSSR count). The molecule has 2 atom stereocenters. The molecule has 1 aliphatic rings. The van der Waals surface area contributed by atoms with Gasteiger partial charge in [-0.15, -0.1) is 0 Å². The summed E-state index contributed by atoms with van der Waals surface area (Å²) in [7, 11) is 1.37. The summed E-state index contributed by atoms with van der Waals surface area (Å²) in [6.45, 7) is 3.47. The van der Waals surface area contributed by atoms with Crippen molar-refractivity contribution in [3.05, 3.63) is 24.0 Å². The molecule has 0 radical (unpaired) electrons. The number of hydrogen-bond donors (Lipinski definition) is 2. The second-order valence-electron chi connectivity index (χ2n) is 5.45. The molecule has 108 valence electrons. The number of carboxylic acid groups (broad SMARTS) is 1. The average Bonchev–Trinajstić information content (AvgIpc) is 2.94. The molecule has 5 nitrogen and oxygen atoms in total. The fraction of sp³-hybridized carbons (Fsp3) is 0.429. The zero-order valence-corrected chi connectivity index (χ0v) is 11.4. The number of rotatable bonds is 4. The molecule has 0 saturated heterocycles. The topological polar surface area (TPSA) is 75.6 Å². The van der Waals surface area contributed by atoms with E-state index in [0.29, 0.717) is 5.69 Å². The lowest BCUT2D eigenvalue weighted by Gasteiger charge is -2.10. The van der Waals surface area contributed by atoms with E-state index in [1.807, 2.05) is 0 Å². The normalized spacial score (nSPS) is 23.0. The van der Waals surface area contributed by atoms with Gasteiger partial charge in [0.15, 0.2) is 0 Å². The predicted molar refractivity (Wildman–Crippen MR) is 70.0 cm³/mol. The molecule has 0 spiro atoms. The maximum Gasteiger partial charge on any atom is 0.307 e. The first-order chi connectivity index (χ1) is 9.28. The van der Waals surface area contributed by atoms with Gasteiger partial charge in [-0.05, 0) is 17.5 Å². The Morgan fingerprint density at radius 3 is 2.50 bits per heavy atom. The van der Waals surface area contributed by atoms with Crippen molar-refractivity contribution in [1.82, 2.24) is 0 Å². The van der Waals surface area contributed by atoms with E-state index in [1.165, 1.54) is 19.2 Å². The highest BCUT2D eigenvalue weighted by molar-refractivity contribution is 6.00. The predicted octanol–water partition coefficient (Wildman–Crippen LogP) is 2.13. The summed E-state index contributed by atoms with van der Waals surface area (Å²) >= 11 is 0. The van der Waals surface area contributed by atoms with Gasteiger partial charge in [0, 0.05) is 6.07 Å². The van der Waals surface area contributed by atoms with Gasteiger partial charge in [0.1, 0.15) is 11.6 Å². The maximum absolute atomic E-state index is 13.1. The van der Waals surface area contributed by atoms with Crippen molar-refractivity contribution in [3.8, 4) is 5.75 Å². The molecule has 0 heterocycles. The third-order valence-electron chi connectivity index (χ3n) is 3.80. The number of ether oxygens (including phenoxy) is 1. The summed E-state index contributed by atoms with van der Waals surface area (Å²) in [6.07, 6.45) is 0. The van der Waals surface area contributed by atoms with Crippen LogP contribution in [0, 0.1) is 23.1 Å². The fourth-order valence-electron chi connectivity index (χ4n) is 2.57. The van der Waals surface area contributed by atoms with Gasteiger partial charge in [-0.1, -0.05) is 13.8 Å². The van der Waals surface area contributed by atoms with Crippen molar-refractivity contribution in [2.24, 2.45) is 17.3 Å². The third-order valence-corrected chi connectivity index (χ3v) is 3.80. The van der Waals surface area contributed by atoms with Gasteiger partial charge in [-0.2, -0.15) is 0 Å². The van der Waals surface area contributed by atoms with Crippen LogP contribution in [-0.2, 0) is 9.59 Å². The van der Waals surface area contributed by atoms with Gasteiger partial charge in [-0.25, -0.2) is 4.39 Å². The van der Waals surface area contributed by atoms with Crippen molar-refractivity contribution in [1.29, 1.82) is 0 Å². The molecule has 20 heavy (non-hydrogen) atoms. The largest absolute Gasteiger partial charge is 0.494 e. The van der Waals surface area contributed by atoms with Crippen molar-refractivity contribution in [2.45, 2.75) is 13.8 Å². The van der Waals surface area contributed by atoms with Crippen LogP contribution < -0.4 is 10.1 Å². The van der Waals surface area contributed by atoms with Crippen molar-refractivity contribution in [3.63, 3.8) is 0 Å². The van der Waals surface area contributed by atoms with Crippen molar-refractivity contribution < 1.29 is 23.8 Å². The average molecular weight is 281 g/mol. The highest BCUT2D eigenvalue weighted by atomic mass is 19.1. The molecular formula is C14H16FNO4. The van der Waals surface area contributed by atoms with Crippen LogP contribution >= 0.6 is 0 Å². The molecular weight excluding hydrogens is 265 g/mol. The number of carbonyl (C=O) groups is 2. The SMILES string of the molecule is COc1cc(F)ccc1NC(=O)[C@H]1[C@@H](C(=O)O)C1(C)C. The second-order valence-corrected chi connectivity index (χ2v) is 5.45. The van der Waals surface area contributed by atoms with Gasteiger partial charge < -0.3 is 15.2 Å². The van der Waals surface area contributed by atoms with Crippen LogP contribution in [0.25, 0.3) is 0 Å². The van der Waals surface area contributed by atoms with Crippen LogP contribution in [0.5, 0.6) is 5.75 Å². The Morgan fingerprint density at radius 2 is 2.00 bits per heavy atom. The Balaban J connectivity index is 2.16. The summed E-state index contributed by atoms with van der Waals surface area (Å²) < 4.78 is 18.0. The quantitative estimate of drug-likeness (QED) is 0.886. The van der Waals surface area contributed by atoms with E-state index in [1.54, 1.807) is 13.8 Å². The molecule has 1 aliphatic carbocycles. The van der Waals surface area contributed by atoms with Crippen LogP contribution in [0.15, 0.2) is 18.2 Å². The molecule has 1 fully saturated rings. The van der Waals surface area contributed by atoms with E-state index in [0.717, 1.165) is 6.07 Å². The van der Waals surface area contributed by atoms with Gasteiger partial charge in [0.05, 0.1) is 24.6 Å². The van der Waals surface area contributed by atoms with Gasteiger partial charge in [0.25, 0.3) is 0 Å². The molecule has 0 unspecified atom stereocenters. The smallest absolute Gasteiger partial charge is 0.307 e. The molecule has 0 aliphatic heterocycles. The Bertz CT molecular complexity index is 570. The van der Waals surface area contributed by atoms with Crippen molar-refractivity contribution in [2.75, 3.05) is 12.4 Å². The number of halogens is 1. The second kappa shape index (κ2) is 4.77. The minimum absolute atomic E-state index is 0.198. The highest BCUT2D eigenvalue weighted by Gasteiger charge is 2.65. The number of anilines is 1. The van der Waals surface area contributed by atoms with E-state index < -0.39 is 34.9 Å². The lowest BCUT2D eigenvalue weighted by atomic mass is 10.1. The number of hydrogen-bond acceptors (Lipinski definition) is 3. The minimum Gasteiger partial charge on any atom is -0.494 e. The van der Waals surface area contributed by atoms with E-state index in [2.05, 4.69) is 5.32 Å². The first-order valence-electron chi connectivity index (χ1n) is 6.16. The Hall–Kier alpha value is -2.11. The number of amides is 1. The molecule has 0 bridgehead atoms. The van der Waals surface area contributed by atoms with E-state index in [4.69, 9.17) is 9.84 Å². The summed E-state index contributed by atoms with van der Waals surface area (Å²) in [5, 5.41) is 11.7. The highest BCUT2D eigenvalue weighted by Crippen LogP contribution is 2.58. The number of aliphatic carboxylic acids is 1. The first kappa shape index (κ1) is 14.3. The van der Waals surface area contributed by atoms with Crippen LogP contribution in [0.3, 0.4) is 0 Å². The fourth-order valence-corrected chi connectivity index (χ4v) is 2.57. The molecule has 6 heteroatoms. The molecule has 1 saturated carbocycles. The van der Waals surface area contributed by atoms with Gasteiger partial charge >= 0.3 is 5.97 Å². The first-order valence-corrected chi connectivity index (χ1v) is 6.16. The number of benzene rings is 1. The van der Waals surface area contributed by atoms with Crippen molar-refractivity contribution >= 4 is 17.6 Å². The van der Waals surface area contributed by atoms with Gasteiger partial charge in [-0.3, -0.25) is 9.59 Å². The van der Waals surface area contributed by atoms with E-state index >= 15 is 0 Å². The van der Waals surface area contributed by atoms with Crippen LogP contribution in [0.2, 0.25) is 0 Å². The Morgan fingerprint density at radius 1 is 1.35 bits per heavy atom. The number of carbonyl (C=O) groups excluding carboxylic acids is 1. The Kier molecular flexibility index (Phi) is 3.41. The maximum atomic E-state index is 13.1. The summed E-state index contributed by atoms with van der Waals surface area (Å²) in [5.41, 5.74) is -0.255. The molecule has 0 aromatic heterocycles. The lowest BCUT2D eigenvalue weighted by Crippen LogP contribution is -2.18. The third kappa shape index (κ3) is 2.33. The van der Waals surface area contributed by atoms with Crippen LogP contribution in [0.1, 0.15) is 13.8 Å². The number of nitrogens with one attached hydrogen (secondary N) is 1. The molecule has 2 N–H and O–H groups in total. The minimum atomic E-state index is -0.985. The Labute approximate surface area is 115 Å². The van der Waals surface area contributed by atoms with Crippen LogP contribution in [0.4, 0.5) is 10.1 Å². The number of carboxylic acids is 1. The summed E-state index contributed by atoms with van der Waals surface area (Å²) in [6, 6.07) is 3.74. The lowest BCUT2D eigenvalue weighted by molar-refractivity contribution is -0.140. The molecule has 1 amide bonds.